The van der Waals surface area contributed by atoms with E-state index in [1.807, 2.05) is 0 Å². The van der Waals surface area contributed by atoms with Crippen molar-refractivity contribution in [2.45, 2.75) is 6.42 Å². The molecule has 3 rings (SSSR count). The van der Waals surface area contributed by atoms with Gasteiger partial charge in [0.25, 0.3) is 0 Å². The van der Waals surface area contributed by atoms with Crippen LogP contribution in [0.2, 0.25) is 5.28 Å². The van der Waals surface area contributed by atoms with Crippen LogP contribution in [0.4, 0.5) is 5.82 Å². The molecule has 1 fully saturated rings. The molecule has 0 radical (unpaired) electrons. The molecule has 1 saturated heterocycles. The molecule has 9 heteroatoms. The van der Waals surface area contributed by atoms with E-state index >= 15 is 0 Å². The summed E-state index contributed by atoms with van der Waals surface area (Å²) in [5.41, 5.74) is 1.16. The molecule has 3 heterocycles. The number of aromatic nitrogens is 4. The van der Waals surface area contributed by atoms with Gasteiger partial charge in [-0.2, -0.15) is 9.97 Å². The number of nitrogens with one attached hydrogen (secondary N) is 2. The molecule has 0 amide bonds. The lowest BCUT2D eigenvalue weighted by molar-refractivity contribution is 0.596. The van der Waals surface area contributed by atoms with Crippen molar-refractivity contribution in [3.8, 4) is 0 Å². The molecule has 1 unspecified atom stereocenters. The number of fused-ring (bicyclic) bond motifs is 1. The van der Waals surface area contributed by atoms with Gasteiger partial charge in [-0.1, -0.05) is 0 Å². The highest BCUT2D eigenvalue weighted by Gasteiger charge is 2.27. The Kier molecular flexibility index (Phi) is 3.06. The summed E-state index contributed by atoms with van der Waals surface area (Å²) >= 11 is 5.81. The Morgan fingerprint density at radius 2 is 2.32 bits per heavy atom. The van der Waals surface area contributed by atoms with Crippen LogP contribution >= 0.6 is 11.6 Å². The molecular weight excluding hydrogens is 290 g/mol. The van der Waals surface area contributed by atoms with Crippen molar-refractivity contribution in [3.05, 3.63) is 11.6 Å². The van der Waals surface area contributed by atoms with Crippen LogP contribution in [-0.2, 0) is 9.84 Å². The standard InChI is InChI=1S/C10H12ClN5O2S/c11-10-15-8(7-9(16-10)14-5-13-7)12-3-6-1-2-19(17,18)4-6/h5-6H,1-4H2,(H2,12,13,14,15,16). The molecule has 19 heavy (non-hydrogen) atoms. The Morgan fingerprint density at radius 1 is 1.47 bits per heavy atom. The molecule has 1 atom stereocenters. The van der Waals surface area contributed by atoms with Gasteiger partial charge in [-0.3, -0.25) is 0 Å². The van der Waals surface area contributed by atoms with Crippen LogP contribution in [0.1, 0.15) is 6.42 Å². The summed E-state index contributed by atoms with van der Waals surface area (Å²) in [6.45, 7) is 0.542. The zero-order chi connectivity index (χ0) is 13.5. The minimum Gasteiger partial charge on any atom is -0.368 e. The predicted octanol–water partition coefficient (Wildman–Crippen LogP) is 0.853. The van der Waals surface area contributed by atoms with Crippen molar-refractivity contribution in [3.63, 3.8) is 0 Å². The normalized spacial score (nSPS) is 21.8. The second kappa shape index (κ2) is 4.61. The van der Waals surface area contributed by atoms with Crippen molar-refractivity contribution in [2.24, 2.45) is 5.92 Å². The van der Waals surface area contributed by atoms with Gasteiger partial charge in [0.15, 0.2) is 21.3 Å². The third-order valence-corrected chi connectivity index (χ3v) is 5.15. The number of sulfone groups is 1. The Hall–Kier alpha value is -1.41. The second-order valence-electron chi connectivity index (χ2n) is 4.59. The first-order valence-electron chi connectivity index (χ1n) is 5.84. The maximum Gasteiger partial charge on any atom is 0.226 e. The summed E-state index contributed by atoms with van der Waals surface area (Å²) in [4.78, 5) is 15.0. The van der Waals surface area contributed by atoms with Crippen molar-refractivity contribution >= 4 is 38.4 Å². The summed E-state index contributed by atoms with van der Waals surface area (Å²) in [5, 5.41) is 3.24. The lowest BCUT2D eigenvalue weighted by atomic mass is 10.1. The molecule has 0 aliphatic carbocycles. The van der Waals surface area contributed by atoms with Gasteiger partial charge in [0.1, 0.15) is 5.52 Å². The van der Waals surface area contributed by atoms with E-state index < -0.39 is 9.84 Å². The first-order valence-corrected chi connectivity index (χ1v) is 8.04. The van der Waals surface area contributed by atoms with Gasteiger partial charge in [-0.15, -0.1) is 0 Å². The van der Waals surface area contributed by atoms with E-state index in [9.17, 15) is 8.42 Å². The maximum atomic E-state index is 11.4. The molecule has 102 valence electrons. The summed E-state index contributed by atoms with van der Waals surface area (Å²) in [6, 6.07) is 0. The highest BCUT2D eigenvalue weighted by molar-refractivity contribution is 7.91. The molecule has 2 N–H and O–H groups in total. The van der Waals surface area contributed by atoms with E-state index in [0.29, 0.717) is 29.9 Å². The second-order valence-corrected chi connectivity index (χ2v) is 7.16. The van der Waals surface area contributed by atoms with Crippen LogP contribution in [0.3, 0.4) is 0 Å². The number of rotatable bonds is 3. The van der Waals surface area contributed by atoms with Gasteiger partial charge < -0.3 is 10.3 Å². The molecule has 0 aromatic carbocycles. The minimum absolute atomic E-state index is 0.108. The summed E-state index contributed by atoms with van der Waals surface area (Å²) < 4.78 is 22.8. The fourth-order valence-electron chi connectivity index (χ4n) is 2.21. The van der Waals surface area contributed by atoms with Gasteiger partial charge in [-0.05, 0) is 23.9 Å². The van der Waals surface area contributed by atoms with Crippen molar-refractivity contribution in [1.82, 2.24) is 19.9 Å². The Morgan fingerprint density at radius 3 is 3.05 bits per heavy atom. The molecular formula is C10H12ClN5O2S. The average Bonchev–Trinajstić information content (AvgIpc) is 2.92. The maximum absolute atomic E-state index is 11.4. The zero-order valence-corrected chi connectivity index (χ0v) is 11.5. The topological polar surface area (TPSA) is 101 Å². The number of nitrogens with zero attached hydrogens (tertiary/aromatic N) is 3. The van der Waals surface area contributed by atoms with Crippen LogP contribution in [0.5, 0.6) is 0 Å². The third-order valence-electron chi connectivity index (χ3n) is 3.14. The van der Waals surface area contributed by atoms with Crippen LogP contribution in [0.15, 0.2) is 6.33 Å². The lowest BCUT2D eigenvalue weighted by Crippen LogP contribution is -2.16. The average molecular weight is 302 g/mol. The number of halogens is 1. The largest absolute Gasteiger partial charge is 0.368 e. The van der Waals surface area contributed by atoms with E-state index in [4.69, 9.17) is 11.6 Å². The molecule has 0 bridgehead atoms. The molecule has 2 aromatic heterocycles. The fourth-order valence-corrected chi connectivity index (χ4v) is 4.24. The van der Waals surface area contributed by atoms with Gasteiger partial charge >= 0.3 is 0 Å². The number of aromatic amines is 1. The number of hydrogen-bond acceptors (Lipinski definition) is 6. The number of H-pyrrole nitrogens is 1. The Bertz CT molecular complexity index is 714. The van der Waals surface area contributed by atoms with E-state index in [2.05, 4.69) is 25.3 Å². The smallest absolute Gasteiger partial charge is 0.226 e. The van der Waals surface area contributed by atoms with Gasteiger partial charge in [0, 0.05) is 6.54 Å². The molecule has 1 aliphatic rings. The zero-order valence-electron chi connectivity index (χ0n) is 9.93. The van der Waals surface area contributed by atoms with Crippen molar-refractivity contribution in [1.29, 1.82) is 0 Å². The van der Waals surface area contributed by atoms with Gasteiger partial charge in [0.05, 0.1) is 17.8 Å². The number of hydrogen-bond donors (Lipinski definition) is 2. The monoisotopic (exact) mass is 301 g/mol. The SMILES string of the molecule is O=S1(=O)CCC(CNc2nc(Cl)nc3nc[nH]c23)C1. The summed E-state index contributed by atoms with van der Waals surface area (Å²) in [6.07, 6.45) is 2.20. The molecule has 2 aromatic rings. The van der Waals surface area contributed by atoms with E-state index in [0.717, 1.165) is 0 Å². The molecule has 7 nitrogen and oxygen atoms in total. The number of anilines is 1. The van der Waals surface area contributed by atoms with E-state index in [-0.39, 0.29) is 22.7 Å². The minimum atomic E-state index is -2.86. The first kappa shape index (κ1) is 12.6. The van der Waals surface area contributed by atoms with Crippen molar-refractivity contribution in [2.75, 3.05) is 23.4 Å². The summed E-state index contributed by atoms with van der Waals surface area (Å²) in [5.74, 6) is 1.15. The Balaban J connectivity index is 1.77. The van der Waals surface area contributed by atoms with Crippen LogP contribution in [-0.4, -0.2) is 46.4 Å². The molecule has 0 spiro atoms. The van der Waals surface area contributed by atoms with E-state index in [1.54, 1.807) is 0 Å². The number of imidazole rings is 1. The van der Waals surface area contributed by atoms with Crippen LogP contribution in [0.25, 0.3) is 11.2 Å². The van der Waals surface area contributed by atoms with Gasteiger partial charge in [-0.25, -0.2) is 13.4 Å². The first-order chi connectivity index (χ1) is 9.03. The quantitative estimate of drug-likeness (QED) is 0.815. The molecule has 0 saturated carbocycles. The molecule has 1 aliphatic heterocycles. The predicted molar refractivity (Wildman–Crippen MR) is 71.9 cm³/mol. The lowest BCUT2D eigenvalue weighted by Gasteiger charge is -2.10. The van der Waals surface area contributed by atoms with Crippen molar-refractivity contribution < 1.29 is 8.42 Å². The van der Waals surface area contributed by atoms with E-state index in [1.165, 1.54) is 6.33 Å². The third kappa shape index (κ3) is 2.64. The van der Waals surface area contributed by atoms with Crippen LogP contribution in [0, 0.1) is 5.92 Å². The fraction of sp³-hybridized carbons (Fsp3) is 0.500. The highest BCUT2D eigenvalue weighted by atomic mass is 35.5. The van der Waals surface area contributed by atoms with Gasteiger partial charge in [0.2, 0.25) is 5.28 Å². The Labute approximate surface area is 114 Å². The van der Waals surface area contributed by atoms with Crippen LogP contribution < -0.4 is 5.32 Å². The highest BCUT2D eigenvalue weighted by Crippen LogP contribution is 2.22. The summed E-state index contributed by atoms with van der Waals surface area (Å²) in [7, 11) is -2.86.